The predicted molar refractivity (Wildman–Crippen MR) is 88.6 cm³/mol. The van der Waals surface area contributed by atoms with Gasteiger partial charge in [-0.15, -0.1) is 11.8 Å². The monoisotopic (exact) mass is 289 g/mol. The van der Waals surface area contributed by atoms with Crippen LogP contribution >= 0.6 is 11.8 Å². The Labute approximate surface area is 125 Å². The Hall–Kier alpha value is -1.03. The molecule has 0 amide bonds. The molecule has 0 saturated heterocycles. The molecular formula is C17H23NOS. The highest BCUT2D eigenvalue weighted by molar-refractivity contribution is 7.99. The highest BCUT2D eigenvalue weighted by Gasteiger charge is 2.08. The molecule has 108 valence electrons. The molecule has 2 aromatic carbocycles. The molecule has 0 aromatic heterocycles. The highest BCUT2D eigenvalue weighted by atomic mass is 32.2. The van der Waals surface area contributed by atoms with Gasteiger partial charge in [0.15, 0.2) is 0 Å². The summed E-state index contributed by atoms with van der Waals surface area (Å²) in [6.07, 6.45) is 1.15. The van der Waals surface area contributed by atoms with Crippen molar-refractivity contribution in [1.82, 2.24) is 5.32 Å². The number of methoxy groups -OCH3 is 1. The van der Waals surface area contributed by atoms with Crippen LogP contribution in [0.5, 0.6) is 0 Å². The zero-order valence-corrected chi connectivity index (χ0v) is 13.1. The first-order chi connectivity index (χ1) is 9.83. The Morgan fingerprint density at radius 1 is 1.15 bits per heavy atom. The third kappa shape index (κ3) is 4.51. The lowest BCUT2D eigenvalue weighted by molar-refractivity contribution is 0.174. The molecule has 0 fully saturated rings. The van der Waals surface area contributed by atoms with Gasteiger partial charge in [-0.2, -0.15) is 0 Å². The maximum absolute atomic E-state index is 5.28. The number of rotatable bonds is 8. The van der Waals surface area contributed by atoms with E-state index in [4.69, 9.17) is 4.74 Å². The molecule has 20 heavy (non-hydrogen) atoms. The molecule has 3 heteroatoms. The zero-order valence-electron chi connectivity index (χ0n) is 12.3. The standard InChI is InChI=1S/C17H23NOS/c1-3-10-18-16(12-19-2)13-20-17-9-8-14-6-4-5-7-15(14)11-17/h4-9,11,16,18H,3,10,12-13H2,1-2H3. The average molecular weight is 289 g/mol. The van der Waals surface area contributed by atoms with E-state index in [1.54, 1.807) is 7.11 Å². The molecule has 0 aliphatic heterocycles. The summed E-state index contributed by atoms with van der Waals surface area (Å²) in [5, 5.41) is 6.14. The molecule has 0 radical (unpaired) electrons. The van der Waals surface area contributed by atoms with Crippen molar-refractivity contribution in [3.8, 4) is 0 Å². The van der Waals surface area contributed by atoms with E-state index in [1.807, 2.05) is 11.8 Å². The normalized spacial score (nSPS) is 12.7. The molecule has 0 bridgehead atoms. The quantitative estimate of drug-likeness (QED) is 0.744. The summed E-state index contributed by atoms with van der Waals surface area (Å²) in [5.41, 5.74) is 0. The van der Waals surface area contributed by atoms with Crippen LogP contribution in [0.15, 0.2) is 47.4 Å². The van der Waals surface area contributed by atoms with Crippen molar-refractivity contribution in [2.45, 2.75) is 24.3 Å². The number of hydrogen-bond acceptors (Lipinski definition) is 3. The molecule has 1 atom stereocenters. The highest BCUT2D eigenvalue weighted by Crippen LogP contribution is 2.24. The first-order valence-electron chi connectivity index (χ1n) is 7.17. The van der Waals surface area contributed by atoms with E-state index in [2.05, 4.69) is 54.7 Å². The van der Waals surface area contributed by atoms with Gasteiger partial charge >= 0.3 is 0 Å². The lowest BCUT2D eigenvalue weighted by Crippen LogP contribution is -2.35. The van der Waals surface area contributed by atoms with E-state index in [1.165, 1.54) is 15.7 Å². The summed E-state index contributed by atoms with van der Waals surface area (Å²) in [5.74, 6) is 1.03. The van der Waals surface area contributed by atoms with Crippen LogP contribution in [0, 0.1) is 0 Å². The first kappa shape index (κ1) is 15.4. The molecule has 2 rings (SSSR count). The molecule has 0 aliphatic carbocycles. The van der Waals surface area contributed by atoms with Gasteiger partial charge in [0, 0.05) is 23.8 Å². The lowest BCUT2D eigenvalue weighted by atomic mass is 10.1. The van der Waals surface area contributed by atoms with E-state index in [0.29, 0.717) is 6.04 Å². The molecule has 0 saturated carbocycles. The molecule has 1 unspecified atom stereocenters. The van der Waals surface area contributed by atoms with Gasteiger partial charge < -0.3 is 10.1 Å². The second-order valence-corrected chi connectivity index (χ2v) is 6.02. The van der Waals surface area contributed by atoms with Gasteiger partial charge in [-0.3, -0.25) is 0 Å². The van der Waals surface area contributed by atoms with E-state index in [-0.39, 0.29) is 0 Å². The van der Waals surface area contributed by atoms with Crippen molar-refractivity contribution in [3.63, 3.8) is 0 Å². The third-order valence-corrected chi connectivity index (χ3v) is 4.38. The van der Waals surface area contributed by atoms with Gasteiger partial charge in [-0.25, -0.2) is 0 Å². The van der Waals surface area contributed by atoms with Crippen molar-refractivity contribution in [2.24, 2.45) is 0 Å². The summed E-state index contributed by atoms with van der Waals surface area (Å²) in [4.78, 5) is 1.32. The summed E-state index contributed by atoms with van der Waals surface area (Å²) in [6, 6.07) is 15.6. The van der Waals surface area contributed by atoms with Crippen molar-refractivity contribution in [1.29, 1.82) is 0 Å². The Morgan fingerprint density at radius 3 is 2.70 bits per heavy atom. The topological polar surface area (TPSA) is 21.3 Å². The van der Waals surface area contributed by atoms with E-state index < -0.39 is 0 Å². The van der Waals surface area contributed by atoms with Gasteiger partial charge in [-0.05, 0) is 35.9 Å². The number of thioether (sulfide) groups is 1. The van der Waals surface area contributed by atoms with Crippen LogP contribution < -0.4 is 5.32 Å². The van der Waals surface area contributed by atoms with E-state index in [9.17, 15) is 0 Å². The van der Waals surface area contributed by atoms with Gasteiger partial charge in [-0.1, -0.05) is 37.3 Å². The Kier molecular flexibility index (Phi) is 6.37. The zero-order chi connectivity index (χ0) is 14.2. The lowest BCUT2D eigenvalue weighted by Gasteiger charge is -2.17. The molecule has 2 nitrogen and oxygen atoms in total. The van der Waals surface area contributed by atoms with Crippen molar-refractivity contribution in [2.75, 3.05) is 26.0 Å². The largest absolute Gasteiger partial charge is 0.383 e. The van der Waals surface area contributed by atoms with Gasteiger partial charge in [0.05, 0.1) is 6.61 Å². The number of fused-ring (bicyclic) bond motifs is 1. The number of benzene rings is 2. The number of nitrogens with one attached hydrogen (secondary N) is 1. The van der Waals surface area contributed by atoms with Crippen molar-refractivity contribution >= 4 is 22.5 Å². The summed E-state index contributed by atoms with van der Waals surface area (Å²) >= 11 is 1.89. The first-order valence-corrected chi connectivity index (χ1v) is 8.16. The Bertz CT molecular complexity index is 529. The Balaban J connectivity index is 1.96. The minimum atomic E-state index is 0.413. The van der Waals surface area contributed by atoms with Crippen LogP contribution in [-0.2, 0) is 4.74 Å². The predicted octanol–water partition coefficient (Wildman–Crippen LogP) is 3.95. The van der Waals surface area contributed by atoms with E-state index in [0.717, 1.165) is 25.3 Å². The maximum Gasteiger partial charge on any atom is 0.0624 e. The average Bonchev–Trinajstić information content (AvgIpc) is 2.50. The second-order valence-electron chi connectivity index (χ2n) is 4.93. The number of ether oxygens (including phenoxy) is 1. The van der Waals surface area contributed by atoms with Gasteiger partial charge in [0.1, 0.15) is 0 Å². The minimum absolute atomic E-state index is 0.413. The minimum Gasteiger partial charge on any atom is -0.383 e. The summed E-state index contributed by atoms with van der Waals surface area (Å²) in [6.45, 7) is 4.00. The molecule has 0 heterocycles. The SMILES string of the molecule is CCCNC(COC)CSc1ccc2ccccc2c1. The van der Waals surface area contributed by atoms with Crippen molar-refractivity contribution < 1.29 is 4.74 Å². The van der Waals surface area contributed by atoms with Crippen LogP contribution in [0.2, 0.25) is 0 Å². The fraction of sp³-hybridized carbons (Fsp3) is 0.412. The van der Waals surface area contributed by atoms with Crippen LogP contribution in [0.1, 0.15) is 13.3 Å². The molecule has 1 N–H and O–H groups in total. The van der Waals surface area contributed by atoms with Crippen LogP contribution in [0.25, 0.3) is 10.8 Å². The second kappa shape index (κ2) is 8.30. The summed E-state index contributed by atoms with van der Waals surface area (Å²) < 4.78 is 5.28. The fourth-order valence-corrected chi connectivity index (χ4v) is 3.15. The van der Waals surface area contributed by atoms with Crippen molar-refractivity contribution in [3.05, 3.63) is 42.5 Å². The molecule has 0 aliphatic rings. The molecular weight excluding hydrogens is 266 g/mol. The number of hydrogen-bond donors (Lipinski definition) is 1. The smallest absolute Gasteiger partial charge is 0.0624 e. The summed E-state index contributed by atoms with van der Waals surface area (Å²) in [7, 11) is 1.77. The van der Waals surface area contributed by atoms with Crippen LogP contribution in [0.4, 0.5) is 0 Å². The molecule has 0 spiro atoms. The van der Waals surface area contributed by atoms with Gasteiger partial charge in [0.25, 0.3) is 0 Å². The van der Waals surface area contributed by atoms with E-state index >= 15 is 0 Å². The fourth-order valence-electron chi connectivity index (χ4n) is 2.17. The van der Waals surface area contributed by atoms with Crippen LogP contribution in [0.3, 0.4) is 0 Å². The van der Waals surface area contributed by atoms with Crippen LogP contribution in [-0.4, -0.2) is 32.1 Å². The van der Waals surface area contributed by atoms with Gasteiger partial charge in [0.2, 0.25) is 0 Å². The Morgan fingerprint density at radius 2 is 1.95 bits per heavy atom. The third-order valence-electron chi connectivity index (χ3n) is 3.22. The maximum atomic E-state index is 5.28. The molecule has 2 aromatic rings.